The summed E-state index contributed by atoms with van der Waals surface area (Å²) in [4.78, 5) is 12.5. The molecular weight excluding hydrogens is 467 g/mol. The molecule has 0 heterocycles. The highest BCUT2D eigenvalue weighted by atomic mass is 35.5. The first kappa shape index (κ1) is 24.3. The first-order valence-corrected chi connectivity index (χ1v) is 12.3. The van der Waals surface area contributed by atoms with Crippen LogP contribution in [0.15, 0.2) is 83.8 Å². The van der Waals surface area contributed by atoms with Crippen LogP contribution < -0.4 is 5.32 Å². The van der Waals surface area contributed by atoms with E-state index in [0.717, 1.165) is 11.1 Å². The van der Waals surface area contributed by atoms with Crippen LogP contribution in [0.4, 0.5) is 0 Å². The summed E-state index contributed by atoms with van der Waals surface area (Å²) in [6.07, 6.45) is 0.00141. The molecule has 0 spiro atoms. The zero-order valence-corrected chi connectivity index (χ0v) is 19.9. The third-order valence-electron chi connectivity index (χ3n) is 4.98. The Morgan fingerprint density at radius 1 is 0.969 bits per heavy atom. The molecule has 1 N–H and O–H groups in total. The van der Waals surface area contributed by atoms with E-state index in [9.17, 15) is 13.2 Å². The number of benzene rings is 3. The predicted octanol–water partition coefficient (Wildman–Crippen LogP) is 5.45. The highest BCUT2D eigenvalue weighted by molar-refractivity contribution is 7.89. The van der Waals surface area contributed by atoms with Crippen molar-refractivity contribution < 1.29 is 13.2 Å². The summed E-state index contributed by atoms with van der Waals surface area (Å²) >= 11 is 12.2. The fraction of sp³-hybridized carbons (Fsp3) is 0.208. The Morgan fingerprint density at radius 3 is 2.25 bits per heavy atom. The Balaban J connectivity index is 1.78. The first-order chi connectivity index (χ1) is 15.3. The lowest BCUT2D eigenvalue weighted by Gasteiger charge is -2.23. The second kappa shape index (κ2) is 11.0. The number of nitrogens with zero attached hydrogens (tertiary/aromatic N) is 1. The molecule has 3 rings (SSSR count). The quantitative estimate of drug-likeness (QED) is 0.433. The number of rotatable bonds is 9. The molecule has 0 aliphatic carbocycles. The van der Waals surface area contributed by atoms with Gasteiger partial charge in [-0.05, 0) is 36.2 Å². The van der Waals surface area contributed by atoms with Crippen LogP contribution in [-0.4, -0.2) is 25.2 Å². The molecule has 5 nitrogen and oxygen atoms in total. The molecule has 8 heteroatoms. The number of hydrogen-bond acceptors (Lipinski definition) is 3. The molecule has 1 unspecified atom stereocenters. The molecule has 0 bridgehead atoms. The van der Waals surface area contributed by atoms with Crippen LogP contribution in [0.3, 0.4) is 0 Å². The van der Waals surface area contributed by atoms with E-state index >= 15 is 0 Å². The van der Waals surface area contributed by atoms with Crippen LogP contribution >= 0.6 is 23.2 Å². The molecule has 0 saturated heterocycles. The fourth-order valence-corrected chi connectivity index (χ4v) is 5.42. The minimum absolute atomic E-state index is 0.00141. The zero-order chi connectivity index (χ0) is 23.1. The smallest absolute Gasteiger partial charge is 0.244 e. The average molecular weight is 491 g/mol. The third-order valence-corrected chi connectivity index (χ3v) is 7.54. The van der Waals surface area contributed by atoms with Gasteiger partial charge in [0.15, 0.2) is 0 Å². The molecule has 0 aliphatic rings. The van der Waals surface area contributed by atoms with Gasteiger partial charge in [0, 0.05) is 24.5 Å². The Morgan fingerprint density at radius 2 is 1.59 bits per heavy atom. The minimum atomic E-state index is -3.99. The maximum absolute atomic E-state index is 13.4. The molecule has 3 aromatic rings. The summed E-state index contributed by atoms with van der Waals surface area (Å²) < 4.78 is 28.1. The SMILES string of the molecule is CC(NC(=O)CCN(Cc1ccccc1)S(=O)(=O)c1cc(Cl)ccc1Cl)c1ccccc1. The van der Waals surface area contributed by atoms with E-state index in [4.69, 9.17) is 23.2 Å². The van der Waals surface area contributed by atoms with Crippen molar-refractivity contribution in [2.24, 2.45) is 0 Å². The van der Waals surface area contributed by atoms with E-state index < -0.39 is 10.0 Å². The van der Waals surface area contributed by atoms with E-state index in [0.29, 0.717) is 0 Å². The maximum atomic E-state index is 13.4. The summed E-state index contributed by atoms with van der Waals surface area (Å²) in [5.74, 6) is -0.244. The fourth-order valence-electron chi connectivity index (χ4n) is 3.25. The van der Waals surface area contributed by atoms with Gasteiger partial charge in [-0.1, -0.05) is 83.9 Å². The molecule has 1 atom stereocenters. The zero-order valence-electron chi connectivity index (χ0n) is 17.5. The highest BCUT2D eigenvalue weighted by Crippen LogP contribution is 2.28. The Hall–Kier alpha value is -2.38. The van der Waals surface area contributed by atoms with Crippen molar-refractivity contribution >= 4 is 39.1 Å². The summed E-state index contributed by atoms with van der Waals surface area (Å²) in [7, 11) is -3.99. The van der Waals surface area contributed by atoms with Crippen molar-refractivity contribution in [1.29, 1.82) is 0 Å². The van der Waals surface area contributed by atoms with Gasteiger partial charge in [0.2, 0.25) is 15.9 Å². The standard InChI is InChI=1S/C24H24Cl2N2O3S/c1-18(20-10-6-3-7-11-20)27-24(29)14-15-28(17-19-8-4-2-5-9-19)32(30,31)23-16-21(25)12-13-22(23)26/h2-13,16,18H,14-15,17H2,1H3,(H,27,29). The molecule has 0 radical (unpaired) electrons. The Labute approximate surface area is 199 Å². The number of sulfonamides is 1. The molecule has 0 saturated carbocycles. The number of halogens is 2. The Kier molecular flexibility index (Phi) is 8.32. The molecule has 168 valence electrons. The van der Waals surface area contributed by atoms with E-state index in [2.05, 4.69) is 5.32 Å². The van der Waals surface area contributed by atoms with Crippen LogP contribution in [0.25, 0.3) is 0 Å². The maximum Gasteiger partial charge on any atom is 0.244 e. The van der Waals surface area contributed by atoms with Gasteiger partial charge in [0.05, 0.1) is 11.1 Å². The normalized spacial score (nSPS) is 12.5. The van der Waals surface area contributed by atoms with Crippen LogP contribution in [-0.2, 0) is 21.4 Å². The van der Waals surface area contributed by atoms with Gasteiger partial charge in [-0.15, -0.1) is 0 Å². The van der Waals surface area contributed by atoms with Crippen molar-refractivity contribution in [3.05, 3.63) is 100 Å². The number of amides is 1. The van der Waals surface area contributed by atoms with Crippen LogP contribution in [0.2, 0.25) is 10.0 Å². The summed E-state index contributed by atoms with van der Waals surface area (Å²) in [6, 6.07) is 22.9. The van der Waals surface area contributed by atoms with Crippen LogP contribution in [0.1, 0.15) is 30.5 Å². The van der Waals surface area contributed by atoms with Crippen molar-refractivity contribution in [3.63, 3.8) is 0 Å². The van der Waals surface area contributed by atoms with Crippen LogP contribution in [0, 0.1) is 0 Å². The van der Waals surface area contributed by atoms with E-state index in [1.54, 1.807) is 0 Å². The third kappa shape index (κ3) is 6.33. The monoisotopic (exact) mass is 490 g/mol. The second-order valence-electron chi connectivity index (χ2n) is 7.35. The first-order valence-electron chi connectivity index (χ1n) is 10.1. The van der Waals surface area contributed by atoms with Gasteiger partial charge in [-0.25, -0.2) is 8.42 Å². The van der Waals surface area contributed by atoms with Crippen molar-refractivity contribution in [3.8, 4) is 0 Å². The van der Waals surface area contributed by atoms with Crippen molar-refractivity contribution in [1.82, 2.24) is 9.62 Å². The van der Waals surface area contributed by atoms with E-state index in [1.807, 2.05) is 67.6 Å². The summed E-state index contributed by atoms with van der Waals surface area (Å²) in [6.45, 7) is 1.98. The topological polar surface area (TPSA) is 66.5 Å². The van der Waals surface area contributed by atoms with Gasteiger partial charge in [-0.2, -0.15) is 4.31 Å². The van der Waals surface area contributed by atoms with Gasteiger partial charge in [0.1, 0.15) is 4.90 Å². The summed E-state index contributed by atoms with van der Waals surface area (Å²) in [5, 5.41) is 3.26. The minimum Gasteiger partial charge on any atom is -0.350 e. The van der Waals surface area contributed by atoms with E-state index in [1.165, 1.54) is 22.5 Å². The van der Waals surface area contributed by atoms with Crippen LogP contribution in [0.5, 0.6) is 0 Å². The largest absolute Gasteiger partial charge is 0.350 e. The Bertz CT molecular complexity index is 1160. The average Bonchev–Trinajstić information content (AvgIpc) is 2.79. The number of hydrogen-bond donors (Lipinski definition) is 1. The molecule has 0 aliphatic heterocycles. The lowest BCUT2D eigenvalue weighted by molar-refractivity contribution is -0.121. The molecule has 3 aromatic carbocycles. The summed E-state index contributed by atoms with van der Waals surface area (Å²) in [5.41, 5.74) is 1.77. The molecule has 32 heavy (non-hydrogen) atoms. The lowest BCUT2D eigenvalue weighted by atomic mass is 10.1. The molecule has 0 fully saturated rings. The number of carbonyl (C=O) groups excluding carboxylic acids is 1. The van der Waals surface area contributed by atoms with Gasteiger partial charge in [-0.3, -0.25) is 4.79 Å². The van der Waals surface area contributed by atoms with Gasteiger partial charge in [0.25, 0.3) is 0 Å². The van der Waals surface area contributed by atoms with Gasteiger partial charge < -0.3 is 5.32 Å². The number of nitrogens with one attached hydrogen (secondary N) is 1. The molecular formula is C24H24Cl2N2O3S. The van der Waals surface area contributed by atoms with Crippen molar-refractivity contribution in [2.75, 3.05) is 6.54 Å². The van der Waals surface area contributed by atoms with Crippen molar-refractivity contribution in [2.45, 2.75) is 30.8 Å². The molecule has 1 amide bonds. The van der Waals surface area contributed by atoms with Gasteiger partial charge >= 0.3 is 0 Å². The number of carbonyl (C=O) groups is 1. The highest BCUT2D eigenvalue weighted by Gasteiger charge is 2.28. The second-order valence-corrected chi connectivity index (χ2v) is 10.1. The molecule has 0 aromatic heterocycles. The predicted molar refractivity (Wildman–Crippen MR) is 128 cm³/mol. The van der Waals surface area contributed by atoms with E-state index in [-0.39, 0.29) is 46.4 Å². The lowest BCUT2D eigenvalue weighted by Crippen LogP contribution is -2.35.